The van der Waals surface area contributed by atoms with E-state index in [0.717, 1.165) is 5.56 Å². The fourth-order valence-corrected chi connectivity index (χ4v) is 4.30. The second-order valence-corrected chi connectivity index (χ2v) is 10.1. The molecule has 0 saturated carbocycles. The summed E-state index contributed by atoms with van der Waals surface area (Å²) in [6.45, 7) is 5.52. The average molecular weight is 518 g/mol. The molecule has 2 amide bonds. The van der Waals surface area contributed by atoms with Gasteiger partial charge < -0.3 is 10.2 Å². The van der Waals surface area contributed by atoms with Crippen molar-refractivity contribution in [2.75, 3.05) is 13.1 Å². The Morgan fingerprint density at radius 1 is 1.19 bits per heavy atom. The van der Waals surface area contributed by atoms with Crippen molar-refractivity contribution < 1.29 is 9.59 Å². The van der Waals surface area contributed by atoms with Crippen LogP contribution in [0.1, 0.15) is 29.8 Å². The molecule has 0 atom stereocenters. The largest absolute Gasteiger partial charge is 0.348 e. The van der Waals surface area contributed by atoms with Gasteiger partial charge in [0, 0.05) is 40.7 Å². The van der Waals surface area contributed by atoms with E-state index in [-0.39, 0.29) is 30.0 Å². The molecule has 0 unspecified atom stereocenters. The summed E-state index contributed by atoms with van der Waals surface area (Å²) in [6.07, 6.45) is 1.57. The van der Waals surface area contributed by atoms with Crippen LogP contribution in [-0.4, -0.2) is 39.4 Å². The molecule has 1 aliphatic rings. The van der Waals surface area contributed by atoms with Crippen molar-refractivity contribution in [1.29, 1.82) is 0 Å². The standard InChI is InChI=1S/C23H22BrClN4O3/c1-23(2)12-28(13-23)19(30)11-29-20-15(7-16(24)10-26-20)8-18(22(29)32)21(31)27-9-14-3-5-17(25)6-4-14/h3-8,10H,9,11-13H2,1-2H3,(H,27,31). The number of nitrogens with one attached hydrogen (secondary N) is 1. The second kappa shape index (κ2) is 8.67. The molecule has 1 N–H and O–H groups in total. The summed E-state index contributed by atoms with van der Waals surface area (Å²) in [5, 5.41) is 3.96. The fourth-order valence-electron chi connectivity index (χ4n) is 3.83. The van der Waals surface area contributed by atoms with Gasteiger partial charge in [0.1, 0.15) is 17.8 Å². The first-order chi connectivity index (χ1) is 15.1. The Bertz CT molecular complexity index is 1260. The molecule has 4 rings (SSSR count). The van der Waals surface area contributed by atoms with Gasteiger partial charge in [-0.2, -0.15) is 0 Å². The average Bonchev–Trinajstić information content (AvgIpc) is 2.73. The molecule has 166 valence electrons. The Labute approximate surface area is 198 Å². The molecule has 9 heteroatoms. The number of likely N-dealkylation sites (tertiary alicyclic amines) is 1. The monoisotopic (exact) mass is 516 g/mol. The van der Waals surface area contributed by atoms with E-state index in [1.54, 1.807) is 41.4 Å². The van der Waals surface area contributed by atoms with E-state index in [2.05, 4.69) is 40.1 Å². The number of pyridine rings is 2. The molecule has 0 radical (unpaired) electrons. The van der Waals surface area contributed by atoms with Crippen LogP contribution >= 0.6 is 27.5 Å². The zero-order valence-corrected chi connectivity index (χ0v) is 20.0. The molecule has 3 heterocycles. The Kier molecular flexibility index (Phi) is 6.09. The number of amides is 2. The summed E-state index contributed by atoms with van der Waals surface area (Å²) in [5.41, 5.74) is 0.705. The molecule has 0 spiro atoms. The third kappa shape index (κ3) is 4.71. The zero-order valence-electron chi connectivity index (χ0n) is 17.7. The lowest BCUT2D eigenvalue weighted by molar-refractivity contribution is -0.142. The zero-order chi connectivity index (χ0) is 23.0. The van der Waals surface area contributed by atoms with Crippen molar-refractivity contribution in [1.82, 2.24) is 19.8 Å². The minimum absolute atomic E-state index is 0.0388. The molecule has 7 nitrogen and oxygen atoms in total. The van der Waals surface area contributed by atoms with Gasteiger partial charge in [-0.3, -0.25) is 19.0 Å². The maximum Gasteiger partial charge on any atom is 0.265 e. The van der Waals surface area contributed by atoms with Crippen LogP contribution in [0.5, 0.6) is 0 Å². The SMILES string of the molecule is CC1(C)CN(C(=O)Cn2c(=O)c(C(=O)NCc3ccc(Cl)cc3)cc3cc(Br)cnc32)C1. The predicted molar refractivity (Wildman–Crippen MR) is 127 cm³/mol. The molecule has 0 aliphatic carbocycles. The second-order valence-electron chi connectivity index (χ2n) is 8.74. The number of fused-ring (bicyclic) bond motifs is 1. The molecule has 3 aromatic rings. The number of benzene rings is 1. The Balaban J connectivity index is 1.64. The fraction of sp³-hybridized carbons (Fsp3) is 0.304. The molecular formula is C23H22BrClN4O3. The first-order valence-electron chi connectivity index (χ1n) is 10.1. The van der Waals surface area contributed by atoms with Gasteiger partial charge in [-0.05, 0) is 51.2 Å². The van der Waals surface area contributed by atoms with Crippen molar-refractivity contribution >= 4 is 50.4 Å². The number of carbonyl (C=O) groups excluding carboxylic acids is 2. The van der Waals surface area contributed by atoms with Gasteiger partial charge in [-0.1, -0.05) is 37.6 Å². The summed E-state index contributed by atoms with van der Waals surface area (Å²) in [7, 11) is 0. The van der Waals surface area contributed by atoms with Crippen LogP contribution in [0.15, 0.2) is 51.9 Å². The van der Waals surface area contributed by atoms with E-state index in [0.29, 0.717) is 33.6 Å². The first kappa shape index (κ1) is 22.5. The highest BCUT2D eigenvalue weighted by Crippen LogP contribution is 2.29. The highest BCUT2D eigenvalue weighted by atomic mass is 79.9. The van der Waals surface area contributed by atoms with E-state index < -0.39 is 11.5 Å². The van der Waals surface area contributed by atoms with Crippen molar-refractivity contribution in [3.63, 3.8) is 0 Å². The summed E-state index contributed by atoms with van der Waals surface area (Å²) in [4.78, 5) is 44.9. The molecule has 1 aromatic carbocycles. The maximum absolute atomic E-state index is 13.2. The van der Waals surface area contributed by atoms with E-state index in [9.17, 15) is 14.4 Å². The summed E-state index contributed by atoms with van der Waals surface area (Å²) < 4.78 is 1.99. The molecule has 2 aromatic heterocycles. The van der Waals surface area contributed by atoms with Gasteiger partial charge in [0.2, 0.25) is 5.91 Å². The minimum Gasteiger partial charge on any atom is -0.348 e. The van der Waals surface area contributed by atoms with E-state index in [1.165, 1.54) is 10.6 Å². The van der Waals surface area contributed by atoms with Crippen LogP contribution in [0.25, 0.3) is 11.0 Å². The molecule has 1 aliphatic heterocycles. The van der Waals surface area contributed by atoms with Crippen molar-refractivity contribution in [3.8, 4) is 0 Å². The molecule has 32 heavy (non-hydrogen) atoms. The van der Waals surface area contributed by atoms with Gasteiger partial charge in [-0.25, -0.2) is 4.98 Å². The molecule has 1 saturated heterocycles. The molecule has 0 bridgehead atoms. The minimum atomic E-state index is -0.547. The first-order valence-corrected chi connectivity index (χ1v) is 11.3. The van der Waals surface area contributed by atoms with Crippen molar-refractivity contribution in [2.24, 2.45) is 5.41 Å². The maximum atomic E-state index is 13.2. The van der Waals surface area contributed by atoms with E-state index in [4.69, 9.17) is 11.6 Å². The lowest BCUT2D eigenvalue weighted by Gasteiger charge is -2.45. The highest BCUT2D eigenvalue weighted by Gasteiger charge is 2.37. The quantitative estimate of drug-likeness (QED) is 0.560. The van der Waals surface area contributed by atoms with Gasteiger partial charge in [0.25, 0.3) is 11.5 Å². The van der Waals surface area contributed by atoms with Crippen LogP contribution < -0.4 is 10.9 Å². The smallest absolute Gasteiger partial charge is 0.265 e. The lowest BCUT2D eigenvalue weighted by Crippen LogP contribution is -2.56. The van der Waals surface area contributed by atoms with E-state index in [1.807, 2.05) is 0 Å². The normalized spacial score (nSPS) is 14.8. The van der Waals surface area contributed by atoms with Crippen LogP contribution in [-0.2, 0) is 17.9 Å². The number of hydrogen-bond donors (Lipinski definition) is 1. The Hall–Kier alpha value is -2.71. The third-order valence-corrected chi connectivity index (χ3v) is 6.07. The van der Waals surface area contributed by atoms with Gasteiger partial charge in [0.05, 0.1) is 0 Å². The number of halogens is 2. The highest BCUT2D eigenvalue weighted by molar-refractivity contribution is 9.10. The van der Waals surface area contributed by atoms with Crippen LogP contribution in [0.4, 0.5) is 0 Å². The molecular weight excluding hydrogens is 496 g/mol. The Morgan fingerprint density at radius 2 is 1.88 bits per heavy atom. The lowest BCUT2D eigenvalue weighted by atomic mass is 9.84. The van der Waals surface area contributed by atoms with Gasteiger partial charge in [0.15, 0.2) is 0 Å². The van der Waals surface area contributed by atoms with Crippen molar-refractivity contribution in [2.45, 2.75) is 26.9 Å². The summed E-state index contributed by atoms with van der Waals surface area (Å²) in [6, 6.07) is 10.4. The number of hydrogen-bond acceptors (Lipinski definition) is 4. The molecule has 1 fully saturated rings. The number of nitrogens with zero attached hydrogens (tertiary/aromatic N) is 3. The van der Waals surface area contributed by atoms with Gasteiger partial charge >= 0.3 is 0 Å². The van der Waals surface area contributed by atoms with Crippen molar-refractivity contribution in [3.05, 3.63) is 73.6 Å². The topological polar surface area (TPSA) is 84.3 Å². The Morgan fingerprint density at radius 3 is 2.53 bits per heavy atom. The van der Waals surface area contributed by atoms with E-state index >= 15 is 0 Å². The summed E-state index contributed by atoms with van der Waals surface area (Å²) >= 11 is 9.27. The van der Waals surface area contributed by atoms with Crippen LogP contribution in [0.2, 0.25) is 5.02 Å². The third-order valence-electron chi connectivity index (χ3n) is 5.39. The predicted octanol–water partition coefficient (Wildman–Crippen LogP) is 3.61. The number of rotatable bonds is 5. The van der Waals surface area contributed by atoms with Crippen LogP contribution in [0.3, 0.4) is 0 Å². The van der Waals surface area contributed by atoms with Crippen LogP contribution in [0, 0.1) is 5.41 Å². The number of aromatic nitrogens is 2. The summed E-state index contributed by atoms with van der Waals surface area (Å²) in [5.74, 6) is -0.686. The number of carbonyl (C=O) groups is 2. The van der Waals surface area contributed by atoms with Gasteiger partial charge in [-0.15, -0.1) is 0 Å².